The van der Waals surface area contributed by atoms with Crippen molar-refractivity contribution in [1.82, 2.24) is 10.2 Å². The monoisotopic (exact) mass is 370 g/mol. The lowest BCUT2D eigenvalue weighted by Gasteiger charge is -2.36. The molecule has 136 valence electrons. The Morgan fingerprint density at radius 1 is 1.48 bits per heavy atom. The summed E-state index contributed by atoms with van der Waals surface area (Å²) in [6, 6.07) is 4.06. The lowest BCUT2D eigenvalue weighted by molar-refractivity contribution is -0.384. The van der Waals surface area contributed by atoms with Crippen LogP contribution in [0, 0.1) is 10.1 Å². The number of hydrogen-bond acceptors (Lipinski definition) is 6. The number of nitrogens with zero attached hydrogens (tertiary/aromatic N) is 3. The number of carbonyl (C=O) groups excluding carboxylic acids is 2. The van der Waals surface area contributed by atoms with Crippen LogP contribution in [-0.2, 0) is 9.59 Å². The quantitative estimate of drug-likeness (QED) is 0.615. The normalized spacial score (nSPS) is 19.6. The molecule has 25 heavy (non-hydrogen) atoms. The number of halogens is 1. The van der Waals surface area contributed by atoms with Gasteiger partial charge in [-0.1, -0.05) is 0 Å². The Balaban J connectivity index is 0.00000225. The van der Waals surface area contributed by atoms with E-state index in [2.05, 4.69) is 5.32 Å². The van der Waals surface area contributed by atoms with Crippen LogP contribution in [0.25, 0.3) is 0 Å². The summed E-state index contributed by atoms with van der Waals surface area (Å²) in [5, 5.41) is 14.2. The number of benzene rings is 1. The van der Waals surface area contributed by atoms with Crippen molar-refractivity contribution in [3.63, 3.8) is 0 Å². The minimum atomic E-state index is -0.544. The Morgan fingerprint density at radius 3 is 2.92 bits per heavy atom. The van der Waals surface area contributed by atoms with Gasteiger partial charge in [-0.15, -0.1) is 12.4 Å². The van der Waals surface area contributed by atoms with Crippen LogP contribution in [0.4, 0.5) is 11.4 Å². The molecule has 1 aromatic carbocycles. The minimum Gasteiger partial charge on any atom is -0.482 e. The SMILES string of the molecule is C[C@H]1CNCCN1C(=O)CN1C(=O)COc2ccc([N+](=O)[O-])cc21.Cl. The van der Waals surface area contributed by atoms with Crippen molar-refractivity contribution in [2.24, 2.45) is 0 Å². The highest BCUT2D eigenvalue weighted by Crippen LogP contribution is 2.35. The number of hydrogen-bond donors (Lipinski definition) is 1. The van der Waals surface area contributed by atoms with Gasteiger partial charge >= 0.3 is 0 Å². The molecule has 1 aromatic rings. The molecule has 2 amide bonds. The van der Waals surface area contributed by atoms with E-state index in [9.17, 15) is 19.7 Å². The molecule has 0 radical (unpaired) electrons. The molecule has 1 fully saturated rings. The molecule has 2 heterocycles. The van der Waals surface area contributed by atoms with Gasteiger partial charge in [-0.25, -0.2) is 0 Å². The third-order valence-electron chi connectivity index (χ3n) is 4.21. The van der Waals surface area contributed by atoms with Gasteiger partial charge in [-0.2, -0.15) is 0 Å². The zero-order valence-electron chi connectivity index (χ0n) is 13.6. The third-order valence-corrected chi connectivity index (χ3v) is 4.21. The van der Waals surface area contributed by atoms with E-state index in [4.69, 9.17) is 4.74 Å². The Kier molecular flexibility index (Phi) is 5.81. The highest BCUT2D eigenvalue weighted by Gasteiger charge is 2.32. The average Bonchev–Trinajstić information content (AvgIpc) is 2.57. The molecule has 2 aliphatic heterocycles. The van der Waals surface area contributed by atoms with Crippen molar-refractivity contribution < 1.29 is 19.2 Å². The van der Waals surface area contributed by atoms with Crippen molar-refractivity contribution in [3.8, 4) is 5.75 Å². The standard InChI is InChI=1S/C15H18N4O5.ClH/c1-10-7-16-4-5-17(10)14(20)8-18-12-6-11(19(22)23)2-3-13(12)24-9-15(18)21;/h2-3,6,10,16H,4-5,7-9H2,1H3;1H/t10-;/m0./s1. The summed E-state index contributed by atoms with van der Waals surface area (Å²) in [4.78, 5) is 38.2. The van der Waals surface area contributed by atoms with Crippen LogP contribution in [0.2, 0.25) is 0 Å². The Labute approximate surface area is 150 Å². The number of nitrogens with one attached hydrogen (secondary N) is 1. The Hall–Kier alpha value is -2.39. The first-order valence-electron chi connectivity index (χ1n) is 7.69. The summed E-state index contributed by atoms with van der Waals surface area (Å²) in [7, 11) is 0. The van der Waals surface area contributed by atoms with E-state index >= 15 is 0 Å². The van der Waals surface area contributed by atoms with Crippen molar-refractivity contribution in [2.45, 2.75) is 13.0 Å². The van der Waals surface area contributed by atoms with Crippen LogP contribution >= 0.6 is 12.4 Å². The summed E-state index contributed by atoms with van der Waals surface area (Å²) in [5.74, 6) is -0.211. The largest absolute Gasteiger partial charge is 0.482 e. The number of rotatable bonds is 3. The Morgan fingerprint density at radius 2 is 2.24 bits per heavy atom. The summed E-state index contributed by atoms with van der Waals surface area (Å²) in [5.41, 5.74) is 0.108. The van der Waals surface area contributed by atoms with Crippen LogP contribution in [-0.4, -0.2) is 60.5 Å². The lowest BCUT2D eigenvalue weighted by atomic mass is 10.2. The zero-order chi connectivity index (χ0) is 17.3. The number of amides is 2. The molecule has 0 spiro atoms. The molecule has 1 atom stereocenters. The first-order chi connectivity index (χ1) is 11.5. The maximum absolute atomic E-state index is 12.6. The molecule has 0 aliphatic carbocycles. The van der Waals surface area contributed by atoms with Crippen molar-refractivity contribution in [1.29, 1.82) is 0 Å². The Bertz CT molecular complexity index is 698. The van der Waals surface area contributed by atoms with Gasteiger partial charge in [0.1, 0.15) is 12.3 Å². The highest BCUT2D eigenvalue weighted by molar-refractivity contribution is 6.02. The molecule has 0 saturated carbocycles. The van der Waals surface area contributed by atoms with Crippen LogP contribution in [0.15, 0.2) is 18.2 Å². The molecule has 0 aromatic heterocycles. The van der Waals surface area contributed by atoms with E-state index in [1.165, 1.54) is 23.1 Å². The number of non-ortho nitro benzene ring substituents is 1. The molecule has 0 bridgehead atoms. The fourth-order valence-corrected chi connectivity index (χ4v) is 2.92. The van der Waals surface area contributed by atoms with E-state index in [0.29, 0.717) is 25.4 Å². The number of anilines is 1. The van der Waals surface area contributed by atoms with Crippen molar-refractivity contribution in [2.75, 3.05) is 37.7 Å². The van der Waals surface area contributed by atoms with Crippen molar-refractivity contribution in [3.05, 3.63) is 28.3 Å². The van der Waals surface area contributed by atoms with Gasteiger partial charge in [0.2, 0.25) is 5.91 Å². The van der Waals surface area contributed by atoms with Crippen LogP contribution < -0.4 is 15.0 Å². The summed E-state index contributed by atoms with van der Waals surface area (Å²) in [6.45, 7) is 3.57. The first-order valence-corrected chi connectivity index (χ1v) is 7.69. The molecule has 3 rings (SSSR count). The van der Waals surface area contributed by atoms with E-state index in [0.717, 1.165) is 0 Å². The summed E-state index contributed by atoms with van der Waals surface area (Å²) >= 11 is 0. The maximum atomic E-state index is 12.6. The van der Waals surface area contributed by atoms with Crippen LogP contribution in [0.1, 0.15) is 6.92 Å². The number of ether oxygens (including phenoxy) is 1. The lowest BCUT2D eigenvalue weighted by Crippen LogP contribution is -2.55. The minimum absolute atomic E-state index is 0. The van der Waals surface area contributed by atoms with E-state index in [1.807, 2.05) is 6.92 Å². The predicted molar refractivity (Wildman–Crippen MR) is 92.2 cm³/mol. The smallest absolute Gasteiger partial charge is 0.271 e. The molecule has 10 heteroatoms. The fourth-order valence-electron chi connectivity index (χ4n) is 2.92. The molecule has 2 aliphatic rings. The molecular weight excluding hydrogens is 352 g/mol. The van der Waals surface area contributed by atoms with Gasteiger partial charge in [-0.3, -0.25) is 24.6 Å². The van der Waals surface area contributed by atoms with E-state index in [-0.39, 0.29) is 54.8 Å². The fraction of sp³-hybridized carbons (Fsp3) is 0.467. The third kappa shape index (κ3) is 3.83. The summed E-state index contributed by atoms with van der Waals surface area (Å²) < 4.78 is 5.30. The number of piperazine rings is 1. The second-order valence-electron chi connectivity index (χ2n) is 5.82. The second kappa shape index (κ2) is 7.66. The van der Waals surface area contributed by atoms with Gasteiger partial charge in [0.15, 0.2) is 6.61 Å². The molecule has 9 nitrogen and oxygen atoms in total. The maximum Gasteiger partial charge on any atom is 0.271 e. The average molecular weight is 371 g/mol. The molecule has 0 unspecified atom stereocenters. The second-order valence-corrected chi connectivity index (χ2v) is 5.82. The predicted octanol–water partition coefficient (Wildman–Crippen LogP) is 0.562. The van der Waals surface area contributed by atoms with Gasteiger partial charge < -0.3 is 15.0 Å². The van der Waals surface area contributed by atoms with Gasteiger partial charge in [0.05, 0.1) is 10.6 Å². The number of carbonyl (C=O) groups is 2. The highest BCUT2D eigenvalue weighted by atomic mass is 35.5. The van der Waals surface area contributed by atoms with E-state index in [1.54, 1.807) is 4.90 Å². The number of fused-ring (bicyclic) bond motifs is 1. The molecule has 1 N–H and O–H groups in total. The number of nitro benzene ring substituents is 1. The van der Waals surface area contributed by atoms with Crippen LogP contribution in [0.3, 0.4) is 0 Å². The van der Waals surface area contributed by atoms with Crippen LogP contribution in [0.5, 0.6) is 5.75 Å². The van der Waals surface area contributed by atoms with Gasteiger partial charge in [-0.05, 0) is 13.0 Å². The summed E-state index contributed by atoms with van der Waals surface area (Å²) in [6.07, 6.45) is 0. The topological polar surface area (TPSA) is 105 Å². The van der Waals surface area contributed by atoms with Gasteiger partial charge in [0, 0.05) is 37.8 Å². The van der Waals surface area contributed by atoms with Crippen molar-refractivity contribution >= 4 is 35.6 Å². The molecular formula is C15H19ClN4O5. The zero-order valence-corrected chi connectivity index (χ0v) is 14.5. The van der Waals surface area contributed by atoms with E-state index < -0.39 is 4.92 Å². The number of nitro groups is 1. The first kappa shape index (κ1) is 18.9. The molecule has 1 saturated heterocycles. The van der Waals surface area contributed by atoms with Gasteiger partial charge in [0.25, 0.3) is 11.6 Å².